The minimum atomic E-state index is 0.0330. The SMILES string of the molecule is CC(/C=C/c1ccc(N=O)c(N=O)c1)=N\c1ccccc1C. The van der Waals surface area contributed by atoms with Crippen LogP contribution < -0.4 is 0 Å². The number of hydrogen-bond acceptors (Lipinski definition) is 5. The van der Waals surface area contributed by atoms with Crippen LogP contribution in [-0.4, -0.2) is 5.71 Å². The van der Waals surface area contributed by atoms with Crippen molar-refractivity contribution in [2.75, 3.05) is 0 Å². The molecule has 0 radical (unpaired) electrons. The molecule has 0 amide bonds. The molecule has 2 aromatic rings. The van der Waals surface area contributed by atoms with E-state index in [0.29, 0.717) is 0 Å². The summed E-state index contributed by atoms with van der Waals surface area (Å²) in [6.45, 7) is 3.90. The van der Waals surface area contributed by atoms with Gasteiger partial charge in [0.2, 0.25) is 0 Å². The highest BCUT2D eigenvalue weighted by atomic mass is 16.3. The lowest BCUT2D eigenvalue weighted by atomic mass is 10.1. The van der Waals surface area contributed by atoms with Crippen LogP contribution in [-0.2, 0) is 0 Å². The highest BCUT2D eigenvalue weighted by Crippen LogP contribution is 2.28. The van der Waals surface area contributed by atoms with E-state index in [4.69, 9.17) is 0 Å². The summed E-state index contributed by atoms with van der Waals surface area (Å²) in [6.07, 6.45) is 3.64. The number of nitroso groups, excluding NO2 is 2. The number of aryl methyl sites for hydroxylation is 1. The Hall–Kier alpha value is -2.95. The molecule has 22 heavy (non-hydrogen) atoms. The summed E-state index contributed by atoms with van der Waals surface area (Å²) < 4.78 is 0. The molecule has 0 aliphatic heterocycles. The molecule has 0 N–H and O–H groups in total. The van der Waals surface area contributed by atoms with Crippen molar-refractivity contribution in [3.05, 3.63) is 69.5 Å². The van der Waals surface area contributed by atoms with Crippen LogP contribution >= 0.6 is 0 Å². The van der Waals surface area contributed by atoms with E-state index in [-0.39, 0.29) is 11.4 Å². The van der Waals surface area contributed by atoms with E-state index < -0.39 is 0 Å². The Kier molecular flexibility index (Phi) is 5.03. The molecule has 0 spiro atoms. The molecule has 0 saturated carbocycles. The van der Waals surface area contributed by atoms with Gasteiger partial charge >= 0.3 is 0 Å². The van der Waals surface area contributed by atoms with Crippen molar-refractivity contribution >= 4 is 28.8 Å². The molecule has 2 rings (SSSR count). The molecule has 0 fully saturated rings. The smallest absolute Gasteiger partial charge is 0.137 e. The van der Waals surface area contributed by atoms with Gasteiger partial charge in [-0.15, -0.1) is 9.81 Å². The van der Waals surface area contributed by atoms with Crippen LogP contribution in [0.4, 0.5) is 17.1 Å². The molecular formula is C17H15N3O2. The van der Waals surface area contributed by atoms with Crippen molar-refractivity contribution in [2.45, 2.75) is 13.8 Å². The number of allylic oxidation sites excluding steroid dienone is 1. The topological polar surface area (TPSA) is 71.2 Å². The van der Waals surface area contributed by atoms with Gasteiger partial charge < -0.3 is 0 Å². The minimum absolute atomic E-state index is 0.0330. The maximum absolute atomic E-state index is 10.7. The van der Waals surface area contributed by atoms with E-state index in [1.807, 2.05) is 44.2 Å². The maximum Gasteiger partial charge on any atom is 0.137 e. The second kappa shape index (κ2) is 7.17. The lowest BCUT2D eigenvalue weighted by Crippen LogP contribution is -1.84. The third-order valence-electron chi connectivity index (χ3n) is 3.13. The van der Waals surface area contributed by atoms with Gasteiger partial charge in [-0.25, -0.2) is 0 Å². The van der Waals surface area contributed by atoms with Gasteiger partial charge in [-0.05, 0) is 59.6 Å². The van der Waals surface area contributed by atoms with Crippen LogP contribution in [0.1, 0.15) is 18.1 Å². The molecule has 0 atom stereocenters. The van der Waals surface area contributed by atoms with Gasteiger partial charge in [0.05, 0.1) is 5.69 Å². The molecular weight excluding hydrogens is 278 g/mol. The van der Waals surface area contributed by atoms with Crippen LogP contribution in [0.5, 0.6) is 0 Å². The molecule has 0 heterocycles. The van der Waals surface area contributed by atoms with Crippen LogP contribution in [0.2, 0.25) is 0 Å². The third-order valence-corrected chi connectivity index (χ3v) is 3.13. The average molecular weight is 293 g/mol. The van der Waals surface area contributed by atoms with E-state index >= 15 is 0 Å². The van der Waals surface area contributed by atoms with Crippen LogP contribution in [0.3, 0.4) is 0 Å². The molecule has 0 aliphatic rings. The van der Waals surface area contributed by atoms with Crippen LogP contribution in [0.25, 0.3) is 6.08 Å². The number of nitrogens with zero attached hydrogens (tertiary/aromatic N) is 3. The predicted molar refractivity (Wildman–Crippen MR) is 90.3 cm³/mol. The molecule has 0 aromatic heterocycles. The molecule has 2 aromatic carbocycles. The fourth-order valence-electron chi connectivity index (χ4n) is 1.93. The first-order valence-electron chi connectivity index (χ1n) is 6.74. The summed E-state index contributed by atoms with van der Waals surface area (Å²) in [6, 6.07) is 12.5. The summed E-state index contributed by atoms with van der Waals surface area (Å²) in [5.41, 5.74) is 3.67. The Morgan fingerprint density at radius 3 is 2.36 bits per heavy atom. The van der Waals surface area contributed by atoms with Gasteiger partial charge in [0.15, 0.2) is 0 Å². The maximum atomic E-state index is 10.7. The number of hydrogen-bond donors (Lipinski definition) is 0. The number of para-hydroxylation sites is 1. The zero-order chi connectivity index (χ0) is 15.9. The molecule has 0 unspecified atom stereocenters. The second-order valence-electron chi connectivity index (χ2n) is 4.80. The third kappa shape index (κ3) is 3.79. The minimum Gasteiger partial charge on any atom is -0.253 e. The van der Waals surface area contributed by atoms with Crippen molar-refractivity contribution in [1.29, 1.82) is 0 Å². The van der Waals surface area contributed by atoms with Crippen molar-refractivity contribution in [3.8, 4) is 0 Å². The quantitative estimate of drug-likeness (QED) is 0.532. The molecule has 5 nitrogen and oxygen atoms in total. The zero-order valence-electron chi connectivity index (χ0n) is 12.4. The highest BCUT2D eigenvalue weighted by molar-refractivity contribution is 5.98. The standard InChI is InChI=1S/C17H15N3O2/c1-12-5-3-4-6-15(12)18-13(2)7-8-14-9-10-16(19-21)17(11-14)20-22/h3-11H,1-2H3/b8-7+,18-13+. The van der Waals surface area contributed by atoms with Gasteiger partial charge in [0.25, 0.3) is 0 Å². The predicted octanol–water partition coefficient (Wildman–Crippen LogP) is 5.60. The monoisotopic (exact) mass is 293 g/mol. The molecule has 0 saturated heterocycles. The Balaban J connectivity index is 2.23. The zero-order valence-corrected chi connectivity index (χ0v) is 12.4. The highest BCUT2D eigenvalue weighted by Gasteiger charge is 2.03. The van der Waals surface area contributed by atoms with E-state index in [9.17, 15) is 9.81 Å². The Morgan fingerprint density at radius 1 is 0.955 bits per heavy atom. The van der Waals surface area contributed by atoms with Crippen LogP contribution in [0.15, 0.2) is 63.9 Å². The Labute approximate surface area is 128 Å². The van der Waals surface area contributed by atoms with Crippen molar-refractivity contribution in [1.82, 2.24) is 0 Å². The Bertz CT molecular complexity index is 764. The first-order valence-corrected chi connectivity index (χ1v) is 6.74. The number of rotatable bonds is 5. The van der Waals surface area contributed by atoms with E-state index in [1.165, 1.54) is 12.1 Å². The van der Waals surface area contributed by atoms with Gasteiger partial charge in [-0.2, -0.15) is 0 Å². The summed E-state index contributed by atoms with van der Waals surface area (Å²) in [5.74, 6) is 0. The lowest BCUT2D eigenvalue weighted by Gasteiger charge is -2.00. The molecule has 0 aliphatic carbocycles. The summed E-state index contributed by atoms with van der Waals surface area (Å²) in [5, 5.41) is 5.55. The Morgan fingerprint density at radius 2 is 1.68 bits per heavy atom. The van der Waals surface area contributed by atoms with Gasteiger partial charge in [-0.1, -0.05) is 30.3 Å². The summed E-state index contributed by atoms with van der Waals surface area (Å²) >= 11 is 0. The first kappa shape index (κ1) is 15.4. The van der Waals surface area contributed by atoms with Gasteiger partial charge in [0, 0.05) is 5.71 Å². The number of benzene rings is 2. The molecule has 110 valence electrons. The van der Waals surface area contributed by atoms with Gasteiger partial charge in [-0.3, -0.25) is 4.99 Å². The van der Waals surface area contributed by atoms with Crippen molar-refractivity contribution in [3.63, 3.8) is 0 Å². The fraction of sp³-hybridized carbons (Fsp3) is 0.118. The van der Waals surface area contributed by atoms with Crippen LogP contribution in [0, 0.1) is 16.7 Å². The largest absolute Gasteiger partial charge is 0.253 e. The first-order chi connectivity index (χ1) is 10.6. The molecule has 0 bridgehead atoms. The second-order valence-corrected chi connectivity index (χ2v) is 4.80. The normalized spacial score (nSPS) is 11.6. The van der Waals surface area contributed by atoms with Crippen molar-refractivity contribution < 1.29 is 0 Å². The lowest BCUT2D eigenvalue weighted by molar-refractivity contribution is 1.39. The average Bonchev–Trinajstić information content (AvgIpc) is 2.54. The van der Waals surface area contributed by atoms with Gasteiger partial charge in [0.1, 0.15) is 11.4 Å². The van der Waals surface area contributed by atoms with Crippen molar-refractivity contribution in [2.24, 2.45) is 15.3 Å². The molecule has 5 heteroatoms. The summed E-state index contributed by atoms with van der Waals surface area (Å²) in [4.78, 5) is 25.7. The number of aliphatic imine (C=N–C) groups is 1. The fourth-order valence-corrected chi connectivity index (χ4v) is 1.93. The van der Waals surface area contributed by atoms with E-state index in [1.54, 1.807) is 12.1 Å². The summed E-state index contributed by atoms with van der Waals surface area (Å²) in [7, 11) is 0. The van der Waals surface area contributed by atoms with E-state index in [2.05, 4.69) is 15.3 Å². The van der Waals surface area contributed by atoms with E-state index in [0.717, 1.165) is 22.5 Å².